The van der Waals surface area contributed by atoms with Gasteiger partial charge in [0.15, 0.2) is 0 Å². The van der Waals surface area contributed by atoms with Gasteiger partial charge in [0, 0.05) is 5.56 Å². The summed E-state index contributed by atoms with van der Waals surface area (Å²) in [4.78, 5) is 10.1. The number of rotatable bonds is 5. The van der Waals surface area contributed by atoms with Crippen molar-refractivity contribution in [3.05, 3.63) is 39.8 Å². The van der Waals surface area contributed by atoms with E-state index in [2.05, 4.69) is 15.3 Å². The van der Waals surface area contributed by atoms with Gasteiger partial charge in [-0.15, -0.1) is 10.2 Å². The second-order valence-corrected chi connectivity index (χ2v) is 4.15. The number of hydrogen-bond acceptors (Lipinski definition) is 6. The van der Waals surface area contributed by atoms with Crippen molar-refractivity contribution < 1.29 is 18.4 Å². The molecule has 2 aromatic heterocycles. The van der Waals surface area contributed by atoms with Crippen LogP contribution < -0.4 is 4.74 Å². The van der Waals surface area contributed by atoms with Gasteiger partial charge in [0.05, 0.1) is 18.1 Å². The Balaban J connectivity index is 2.42. The normalized spacial score (nSPS) is 12.4. The molecule has 0 spiro atoms. The lowest BCUT2D eigenvalue weighted by atomic mass is 10.1. The van der Waals surface area contributed by atoms with Gasteiger partial charge in [-0.05, 0) is 13.0 Å². The van der Waals surface area contributed by atoms with Crippen molar-refractivity contribution in [2.24, 2.45) is 0 Å². The topological polar surface area (TPSA) is 96.0 Å². The third kappa shape index (κ3) is 2.93. The van der Waals surface area contributed by atoms with E-state index in [4.69, 9.17) is 4.74 Å². The molecule has 0 saturated carbocycles. The van der Waals surface area contributed by atoms with Crippen LogP contribution in [-0.2, 0) is 0 Å². The maximum atomic E-state index is 12.7. The molecule has 2 aromatic rings. The van der Waals surface area contributed by atoms with Crippen LogP contribution in [0.1, 0.15) is 30.6 Å². The zero-order valence-corrected chi connectivity index (χ0v) is 11.1. The SMILES string of the molecule is COc1nnc(C(F)F)cc1C(C)n1cc([N+](=O)[O-])cn1. The molecule has 0 aliphatic heterocycles. The summed E-state index contributed by atoms with van der Waals surface area (Å²) in [7, 11) is 1.33. The van der Waals surface area contributed by atoms with Crippen LogP contribution in [0.3, 0.4) is 0 Å². The molecule has 0 saturated heterocycles. The van der Waals surface area contributed by atoms with E-state index < -0.39 is 23.1 Å². The summed E-state index contributed by atoms with van der Waals surface area (Å²) in [5, 5.41) is 21.4. The fraction of sp³-hybridized carbons (Fsp3) is 0.364. The molecule has 21 heavy (non-hydrogen) atoms. The van der Waals surface area contributed by atoms with Gasteiger partial charge in [0.25, 0.3) is 6.43 Å². The smallest absolute Gasteiger partial charge is 0.307 e. The lowest BCUT2D eigenvalue weighted by Crippen LogP contribution is -2.11. The molecule has 0 N–H and O–H groups in total. The largest absolute Gasteiger partial charge is 0.480 e. The van der Waals surface area contributed by atoms with Crippen molar-refractivity contribution in [2.45, 2.75) is 19.4 Å². The lowest BCUT2D eigenvalue weighted by molar-refractivity contribution is -0.385. The van der Waals surface area contributed by atoms with Crippen LogP contribution in [-0.4, -0.2) is 32.0 Å². The average Bonchev–Trinajstić information content (AvgIpc) is 2.95. The summed E-state index contributed by atoms with van der Waals surface area (Å²) in [6, 6.07) is 0.566. The number of methoxy groups -OCH3 is 1. The molecule has 10 heteroatoms. The van der Waals surface area contributed by atoms with Crippen molar-refractivity contribution in [1.29, 1.82) is 0 Å². The standard InChI is InChI=1S/C11H11F2N5O3/c1-6(17-5-7(4-14-17)18(19)20)8-3-9(10(12)13)15-16-11(8)21-2/h3-6,10H,1-2H3. The zero-order valence-electron chi connectivity index (χ0n) is 11.1. The first-order valence-electron chi connectivity index (χ1n) is 5.82. The van der Waals surface area contributed by atoms with Crippen molar-refractivity contribution in [3.8, 4) is 5.88 Å². The number of alkyl halides is 2. The van der Waals surface area contributed by atoms with Crippen molar-refractivity contribution in [3.63, 3.8) is 0 Å². The minimum atomic E-state index is -2.78. The van der Waals surface area contributed by atoms with Crippen molar-refractivity contribution in [2.75, 3.05) is 7.11 Å². The molecular formula is C11H11F2N5O3. The first-order valence-corrected chi connectivity index (χ1v) is 5.82. The first-order chi connectivity index (χ1) is 9.93. The van der Waals surface area contributed by atoms with E-state index in [0.29, 0.717) is 5.56 Å². The van der Waals surface area contributed by atoms with Gasteiger partial charge in [0.1, 0.15) is 18.1 Å². The molecule has 2 rings (SSSR count). The maximum Gasteiger partial charge on any atom is 0.307 e. The molecule has 0 aliphatic carbocycles. The third-order valence-corrected chi connectivity index (χ3v) is 2.87. The minimum Gasteiger partial charge on any atom is -0.480 e. The first kappa shape index (κ1) is 14.8. The highest BCUT2D eigenvalue weighted by Gasteiger charge is 2.21. The quantitative estimate of drug-likeness (QED) is 0.620. The molecule has 0 radical (unpaired) electrons. The maximum absolute atomic E-state index is 12.7. The monoisotopic (exact) mass is 299 g/mol. The van der Waals surface area contributed by atoms with Gasteiger partial charge in [-0.3, -0.25) is 14.8 Å². The Bertz CT molecular complexity index is 661. The number of ether oxygens (including phenoxy) is 1. The van der Waals surface area contributed by atoms with Crippen LogP contribution in [0.15, 0.2) is 18.5 Å². The number of hydrogen-bond donors (Lipinski definition) is 0. The fourth-order valence-corrected chi connectivity index (χ4v) is 1.75. The Labute approximate surface area is 117 Å². The summed E-state index contributed by atoms with van der Waals surface area (Å²) < 4.78 is 31.7. The second-order valence-electron chi connectivity index (χ2n) is 4.15. The van der Waals surface area contributed by atoms with E-state index in [1.54, 1.807) is 6.92 Å². The van der Waals surface area contributed by atoms with Gasteiger partial charge < -0.3 is 4.74 Å². The third-order valence-electron chi connectivity index (χ3n) is 2.87. The summed E-state index contributed by atoms with van der Waals surface area (Å²) in [6.07, 6.45) is -0.501. The number of nitro groups is 1. The zero-order chi connectivity index (χ0) is 15.6. The van der Waals surface area contributed by atoms with Crippen LogP contribution in [0, 0.1) is 10.1 Å². The van der Waals surface area contributed by atoms with Crippen LogP contribution >= 0.6 is 0 Å². The Morgan fingerprint density at radius 1 is 1.43 bits per heavy atom. The molecular weight excluding hydrogens is 288 g/mol. The number of aromatic nitrogens is 4. The fourth-order valence-electron chi connectivity index (χ4n) is 1.75. The van der Waals surface area contributed by atoms with Gasteiger partial charge in [0.2, 0.25) is 5.88 Å². The summed E-state index contributed by atoms with van der Waals surface area (Å²) in [5.41, 5.74) is -0.392. The van der Waals surface area contributed by atoms with Crippen LogP contribution in [0.5, 0.6) is 5.88 Å². The Hall–Kier alpha value is -2.65. The number of nitrogens with zero attached hydrogens (tertiary/aromatic N) is 5. The lowest BCUT2D eigenvalue weighted by Gasteiger charge is -2.15. The van der Waals surface area contributed by atoms with Gasteiger partial charge in [-0.1, -0.05) is 0 Å². The molecule has 1 unspecified atom stereocenters. The predicted molar refractivity (Wildman–Crippen MR) is 66.2 cm³/mol. The van der Waals surface area contributed by atoms with Crippen LogP contribution in [0.4, 0.5) is 14.5 Å². The van der Waals surface area contributed by atoms with E-state index in [9.17, 15) is 18.9 Å². The molecule has 2 heterocycles. The average molecular weight is 299 g/mol. The van der Waals surface area contributed by atoms with E-state index in [1.165, 1.54) is 18.0 Å². The Morgan fingerprint density at radius 3 is 2.67 bits per heavy atom. The molecule has 0 amide bonds. The van der Waals surface area contributed by atoms with E-state index in [0.717, 1.165) is 12.3 Å². The van der Waals surface area contributed by atoms with Gasteiger partial charge in [-0.2, -0.15) is 5.10 Å². The summed E-state index contributed by atoms with van der Waals surface area (Å²) >= 11 is 0. The molecule has 112 valence electrons. The van der Waals surface area contributed by atoms with Gasteiger partial charge in [-0.25, -0.2) is 8.78 Å². The Kier molecular flexibility index (Phi) is 4.05. The van der Waals surface area contributed by atoms with E-state index in [-0.39, 0.29) is 11.6 Å². The van der Waals surface area contributed by atoms with Crippen molar-refractivity contribution in [1.82, 2.24) is 20.0 Å². The van der Waals surface area contributed by atoms with E-state index in [1.807, 2.05) is 0 Å². The van der Waals surface area contributed by atoms with E-state index >= 15 is 0 Å². The summed E-state index contributed by atoms with van der Waals surface area (Å²) in [5.74, 6) is 0.0602. The molecule has 0 bridgehead atoms. The molecule has 0 aliphatic rings. The van der Waals surface area contributed by atoms with Gasteiger partial charge >= 0.3 is 5.69 Å². The summed E-state index contributed by atoms with van der Waals surface area (Å²) in [6.45, 7) is 1.63. The van der Waals surface area contributed by atoms with Crippen LogP contribution in [0.25, 0.3) is 0 Å². The minimum absolute atomic E-state index is 0.0602. The molecule has 0 fully saturated rings. The molecule has 8 nitrogen and oxygen atoms in total. The Morgan fingerprint density at radius 2 is 2.14 bits per heavy atom. The predicted octanol–water partition coefficient (Wildman–Crippen LogP) is 2.14. The van der Waals surface area contributed by atoms with Crippen LogP contribution in [0.2, 0.25) is 0 Å². The highest BCUT2D eigenvalue weighted by molar-refractivity contribution is 5.31. The molecule has 0 aromatic carbocycles. The molecule has 1 atom stereocenters. The highest BCUT2D eigenvalue weighted by Crippen LogP contribution is 2.29. The number of halogens is 2. The highest BCUT2D eigenvalue weighted by atomic mass is 19.3. The second kappa shape index (κ2) is 5.77. The van der Waals surface area contributed by atoms with Crippen molar-refractivity contribution >= 4 is 5.69 Å².